The van der Waals surface area contributed by atoms with Crippen molar-refractivity contribution in [2.24, 2.45) is 0 Å². The molecule has 0 radical (unpaired) electrons. The van der Waals surface area contributed by atoms with E-state index in [-0.39, 0.29) is 14.5 Å². The van der Waals surface area contributed by atoms with Gasteiger partial charge in [-0.25, -0.2) is 0 Å². The van der Waals surface area contributed by atoms with Crippen LogP contribution in [0.15, 0.2) is 30.5 Å². The van der Waals surface area contributed by atoms with Gasteiger partial charge in [0, 0.05) is 0 Å². The summed E-state index contributed by atoms with van der Waals surface area (Å²) in [6, 6.07) is 8.20. The van der Waals surface area contributed by atoms with Crippen LogP contribution in [-0.4, -0.2) is 33.7 Å². The molecule has 0 saturated carbocycles. The SMILES string of the molecule is COc1cc2[se]c3ncccc3c2cc1OC. The van der Waals surface area contributed by atoms with Crippen LogP contribution in [0.2, 0.25) is 0 Å². The minimum absolute atomic E-state index is 0.269. The molecule has 0 N–H and O–H groups in total. The van der Waals surface area contributed by atoms with Gasteiger partial charge in [0.15, 0.2) is 0 Å². The third-order valence-electron chi connectivity index (χ3n) is 2.75. The van der Waals surface area contributed by atoms with Crippen molar-refractivity contribution < 1.29 is 9.47 Å². The van der Waals surface area contributed by atoms with Crippen molar-refractivity contribution in [1.29, 1.82) is 0 Å². The molecule has 0 bridgehead atoms. The Bertz CT molecular complexity index is 690. The van der Waals surface area contributed by atoms with Gasteiger partial charge in [0.25, 0.3) is 0 Å². The molecule has 3 rings (SSSR count). The molecule has 3 aromatic rings. The van der Waals surface area contributed by atoms with Gasteiger partial charge in [0.1, 0.15) is 0 Å². The summed E-state index contributed by atoms with van der Waals surface area (Å²) in [5.74, 6) is 1.57. The molecule has 86 valence electrons. The van der Waals surface area contributed by atoms with E-state index in [0.717, 1.165) is 11.5 Å². The van der Waals surface area contributed by atoms with Crippen LogP contribution in [0.3, 0.4) is 0 Å². The molecule has 17 heavy (non-hydrogen) atoms. The number of nitrogens with zero attached hydrogens (tertiary/aromatic N) is 1. The van der Waals surface area contributed by atoms with E-state index in [4.69, 9.17) is 9.47 Å². The van der Waals surface area contributed by atoms with E-state index in [2.05, 4.69) is 17.1 Å². The molecule has 0 unspecified atom stereocenters. The van der Waals surface area contributed by atoms with Crippen molar-refractivity contribution in [1.82, 2.24) is 4.98 Å². The van der Waals surface area contributed by atoms with Crippen molar-refractivity contribution in [2.45, 2.75) is 0 Å². The van der Waals surface area contributed by atoms with Crippen LogP contribution >= 0.6 is 0 Å². The molecule has 0 amide bonds. The molecule has 0 aliphatic heterocycles. The Morgan fingerprint density at radius 1 is 1.06 bits per heavy atom. The van der Waals surface area contributed by atoms with Crippen molar-refractivity contribution in [3.05, 3.63) is 30.5 Å². The van der Waals surface area contributed by atoms with Crippen LogP contribution in [0.1, 0.15) is 0 Å². The quantitative estimate of drug-likeness (QED) is 0.680. The van der Waals surface area contributed by atoms with E-state index in [1.807, 2.05) is 18.3 Å². The molecule has 3 nitrogen and oxygen atoms in total. The van der Waals surface area contributed by atoms with E-state index in [1.54, 1.807) is 14.2 Å². The second-order valence-electron chi connectivity index (χ2n) is 3.66. The summed E-state index contributed by atoms with van der Waals surface area (Å²) in [6.07, 6.45) is 1.85. The fourth-order valence-corrected chi connectivity index (χ4v) is 4.15. The van der Waals surface area contributed by atoms with Gasteiger partial charge in [-0.15, -0.1) is 0 Å². The normalized spacial score (nSPS) is 10.9. The topological polar surface area (TPSA) is 31.4 Å². The Kier molecular flexibility index (Phi) is 2.54. The summed E-state index contributed by atoms with van der Waals surface area (Å²) < 4.78 is 13.2. The summed E-state index contributed by atoms with van der Waals surface area (Å²) >= 11 is 0.269. The molecule has 0 atom stereocenters. The molecule has 2 heterocycles. The number of benzene rings is 1. The molecule has 2 aromatic heterocycles. The zero-order valence-corrected chi connectivity index (χ0v) is 11.3. The second kappa shape index (κ2) is 4.06. The Hall–Kier alpha value is -1.51. The van der Waals surface area contributed by atoms with Crippen LogP contribution < -0.4 is 9.47 Å². The average Bonchev–Trinajstić information content (AvgIpc) is 2.74. The van der Waals surface area contributed by atoms with Gasteiger partial charge in [-0.3, -0.25) is 0 Å². The van der Waals surface area contributed by atoms with Gasteiger partial charge >= 0.3 is 105 Å². The summed E-state index contributed by atoms with van der Waals surface area (Å²) in [5, 5.41) is 2.45. The maximum absolute atomic E-state index is 5.34. The summed E-state index contributed by atoms with van der Waals surface area (Å²) in [7, 11) is 3.33. The van der Waals surface area contributed by atoms with Gasteiger partial charge in [0.05, 0.1) is 0 Å². The Balaban J connectivity index is 2.41. The number of aromatic nitrogens is 1. The number of fused-ring (bicyclic) bond motifs is 3. The van der Waals surface area contributed by atoms with Gasteiger partial charge in [-0.1, -0.05) is 0 Å². The Labute approximate surface area is 105 Å². The van der Waals surface area contributed by atoms with Gasteiger partial charge < -0.3 is 0 Å². The van der Waals surface area contributed by atoms with Crippen LogP contribution in [0, 0.1) is 0 Å². The molecular formula is C13H11NO2Se. The first-order valence-corrected chi connectivity index (χ1v) is 6.94. The number of ether oxygens (including phenoxy) is 2. The number of hydrogen-bond donors (Lipinski definition) is 0. The van der Waals surface area contributed by atoms with Crippen molar-refractivity contribution in [3.8, 4) is 11.5 Å². The second-order valence-corrected chi connectivity index (χ2v) is 5.82. The third kappa shape index (κ3) is 1.61. The number of methoxy groups -OCH3 is 2. The van der Waals surface area contributed by atoms with E-state index in [0.29, 0.717) is 0 Å². The van der Waals surface area contributed by atoms with Crippen molar-refractivity contribution in [3.63, 3.8) is 0 Å². The van der Waals surface area contributed by atoms with E-state index >= 15 is 0 Å². The Morgan fingerprint density at radius 3 is 2.59 bits per heavy atom. The molecule has 0 aliphatic rings. The van der Waals surface area contributed by atoms with Gasteiger partial charge in [-0.05, 0) is 0 Å². The molecule has 0 aliphatic carbocycles. The third-order valence-corrected chi connectivity index (χ3v) is 5.01. The van der Waals surface area contributed by atoms with Crippen LogP contribution in [0.25, 0.3) is 19.4 Å². The van der Waals surface area contributed by atoms with Crippen molar-refractivity contribution in [2.75, 3.05) is 14.2 Å². The van der Waals surface area contributed by atoms with Gasteiger partial charge in [0.2, 0.25) is 0 Å². The molecule has 4 heteroatoms. The molecule has 1 aromatic carbocycles. The fourth-order valence-electron chi connectivity index (χ4n) is 1.94. The van der Waals surface area contributed by atoms with Gasteiger partial charge in [-0.2, -0.15) is 0 Å². The maximum atomic E-state index is 5.34. The molecule has 0 spiro atoms. The zero-order valence-electron chi connectivity index (χ0n) is 9.56. The molecular weight excluding hydrogens is 281 g/mol. The van der Waals surface area contributed by atoms with Crippen LogP contribution in [-0.2, 0) is 0 Å². The van der Waals surface area contributed by atoms with Crippen LogP contribution in [0.5, 0.6) is 11.5 Å². The zero-order chi connectivity index (χ0) is 11.8. The van der Waals surface area contributed by atoms with Crippen LogP contribution in [0.4, 0.5) is 0 Å². The molecule has 0 fully saturated rings. The number of pyridine rings is 1. The average molecular weight is 292 g/mol. The van der Waals surface area contributed by atoms with E-state index in [1.165, 1.54) is 19.4 Å². The van der Waals surface area contributed by atoms with E-state index in [9.17, 15) is 0 Å². The molecule has 0 saturated heterocycles. The summed E-state index contributed by atoms with van der Waals surface area (Å²) in [4.78, 5) is 4.43. The number of hydrogen-bond acceptors (Lipinski definition) is 3. The standard InChI is InChI=1S/C13H11NO2Se/c1-15-10-6-9-8-4-3-5-14-13(8)17-12(9)7-11(10)16-2/h3-7H,1-2H3. The van der Waals surface area contributed by atoms with E-state index < -0.39 is 0 Å². The predicted octanol–water partition coefficient (Wildman–Crippen LogP) is 2.46. The monoisotopic (exact) mass is 293 g/mol. The summed E-state index contributed by atoms with van der Waals surface area (Å²) in [6.45, 7) is 0. The first-order valence-electron chi connectivity index (χ1n) is 5.22. The van der Waals surface area contributed by atoms with Crippen molar-refractivity contribution >= 4 is 33.9 Å². The predicted molar refractivity (Wildman–Crippen MR) is 69.3 cm³/mol. The minimum atomic E-state index is 0.269. The first-order chi connectivity index (χ1) is 8.33. The fraction of sp³-hybridized carbons (Fsp3) is 0.154. The number of rotatable bonds is 2. The summed E-state index contributed by atoms with van der Waals surface area (Å²) in [5.41, 5.74) is 0. The first kappa shape index (κ1) is 10.6. The Morgan fingerprint density at radius 2 is 1.82 bits per heavy atom.